The first-order chi connectivity index (χ1) is 11.7. The molecule has 2 aromatic rings. The van der Waals surface area contributed by atoms with Crippen molar-refractivity contribution < 1.29 is 0 Å². The van der Waals surface area contributed by atoms with E-state index in [2.05, 4.69) is 63.1 Å². The van der Waals surface area contributed by atoms with Gasteiger partial charge in [0.1, 0.15) is 12.9 Å². The molecule has 25 heavy (non-hydrogen) atoms. The van der Waals surface area contributed by atoms with Crippen LogP contribution in [0.3, 0.4) is 0 Å². The number of halogens is 1. The zero-order valence-electron chi connectivity index (χ0n) is 14.9. The lowest BCUT2D eigenvalue weighted by molar-refractivity contribution is 0.244. The van der Waals surface area contributed by atoms with Crippen molar-refractivity contribution >= 4 is 29.9 Å². The highest BCUT2D eigenvalue weighted by Gasteiger charge is 2.38. The molecule has 0 aliphatic heterocycles. The Morgan fingerprint density at radius 1 is 1.24 bits per heavy atom. The number of hydrogen-bond donors (Lipinski definition) is 2. The summed E-state index contributed by atoms with van der Waals surface area (Å²) in [6.07, 6.45) is 5.45. The van der Waals surface area contributed by atoms with E-state index in [1.54, 1.807) is 6.33 Å². The molecule has 1 saturated carbocycles. The molecule has 0 radical (unpaired) electrons. The van der Waals surface area contributed by atoms with Crippen LogP contribution in [-0.2, 0) is 19.0 Å². The standard InChI is InChI=1S/C18H26N6.HI/c1-3-19-17(20-12-16-23-22-14-24(16)2)21-13-18(10-7-11-18)15-8-5-4-6-9-15;/h4-6,8-9,14H,3,7,10-13H2,1-2H3,(H2,19,20,21);1H. The minimum absolute atomic E-state index is 0. The molecule has 0 unspecified atom stereocenters. The SMILES string of the molecule is CCNC(=NCc1nncn1C)NCC1(c2ccccc2)CCC1.I. The molecule has 1 aliphatic carbocycles. The Bertz CT molecular complexity index is 678. The molecule has 1 heterocycles. The van der Waals surface area contributed by atoms with Crippen molar-refractivity contribution in [1.29, 1.82) is 0 Å². The summed E-state index contributed by atoms with van der Waals surface area (Å²) >= 11 is 0. The molecular weight excluding hydrogens is 427 g/mol. The second kappa shape index (κ2) is 9.17. The molecule has 0 atom stereocenters. The summed E-state index contributed by atoms with van der Waals surface area (Å²) in [5, 5.41) is 14.8. The van der Waals surface area contributed by atoms with Crippen molar-refractivity contribution in [2.75, 3.05) is 13.1 Å². The van der Waals surface area contributed by atoms with E-state index in [1.165, 1.54) is 24.8 Å². The van der Waals surface area contributed by atoms with Crippen LogP contribution in [0.1, 0.15) is 37.6 Å². The van der Waals surface area contributed by atoms with Gasteiger partial charge in [-0.3, -0.25) is 0 Å². The zero-order valence-corrected chi connectivity index (χ0v) is 17.2. The first kappa shape index (κ1) is 19.7. The van der Waals surface area contributed by atoms with E-state index in [1.807, 2.05) is 11.6 Å². The monoisotopic (exact) mass is 454 g/mol. The fourth-order valence-electron chi connectivity index (χ4n) is 3.16. The topological polar surface area (TPSA) is 67.1 Å². The average molecular weight is 454 g/mol. The van der Waals surface area contributed by atoms with Crippen LogP contribution in [0.25, 0.3) is 0 Å². The summed E-state index contributed by atoms with van der Waals surface area (Å²) in [5.41, 5.74) is 1.66. The summed E-state index contributed by atoms with van der Waals surface area (Å²) in [6, 6.07) is 10.8. The lowest BCUT2D eigenvalue weighted by atomic mass is 9.64. The number of aryl methyl sites for hydroxylation is 1. The van der Waals surface area contributed by atoms with Gasteiger partial charge in [0, 0.05) is 25.6 Å². The molecule has 3 rings (SSSR count). The van der Waals surface area contributed by atoms with Crippen LogP contribution < -0.4 is 10.6 Å². The van der Waals surface area contributed by atoms with Crippen LogP contribution in [0, 0.1) is 0 Å². The van der Waals surface area contributed by atoms with Crippen LogP contribution in [0.15, 0.2) is 41.7 Å². The summed E-state index contributed by atoms with van der Waals surface area (Å²) < 4.78 is 1.89. The maximum absolute atomic E-state index is 4.64. The quantitative estimate of drug-likeness (QED) is 0.400. The summed E-state index contributed by atoms with van der Waals surface area (Å²) in [4.78, 5) is 4.64. The van der Waals surface area contributed by atoms with E-state index in [4.69, 9.17) is 0 Å². The lowest BCUT2D eigenvalue weighted by Crippen LogP contribution is -2.48. The fraction of sp³-hybridized carbons (Fsp3) is 0.500. The maximum Gasteiger partial charge on any atom is 0.191 e. The fourth-order valence-corrected chi connectivity index (χ4v) is 3.16. The third-order valence-electron chi connectivity index (χ3n) is 4.82. The van der Waals surface area contributed by atoms with Gasteiger partial charge in [-0.25, -0.2) is 4.99 Å². The van der Waals surface area contributed by atoms with Crippen molar-refractivity contribution in [3.05, 3.63) is 48.0 Å². The third-order valence-corrected chi connectivity index (χ3v) is 4.82. The lowest BCUT2D eigenvalue weighted by Gasteiger charge is -2.43. The number of guanidine groups is 1. The number of nitrogens with one attached hydrogen (secondary N) is 2. The number of rotatable bonds is 6. The minimum atomic E-state index is 0. The molecule has 6 nitrogen and oxygen atoms in total. The first-order valence-electron chi connectivity index (χ1n) is 8.64. The Hall–Kier alpha value is -1.64. The zero-order chi connectivity index (χ0) is 16.8. The van der Waals surface area contributed by atoms with E-state index >= 15 is 0 Å². The van der Waals surface area contributed by atoms with Gasteiger partial charge in [-0.15, -0.1) is 34.2 Å². The Morgan fingerprint density at radius 3 is 2.56 bits per heavy atom. The van der Waals surface area contributed by atoms with Crippen molar-refractivity contribution in [1.82, 2.24) is 25.4 Å². The highest BCUT2D eigenvalue weighted by atomic mass is 127. The van der Waals surface area contributed by atoms with Crippen LogP contribution in [0.5, 0.6) is 0 Å². The smallest absolute Gasteiger partial charge is 0.191 e. The predicted octanol–water partition coefficient (Wildman–Crippen LogP) is 2.61. The molecule has 0 spiro atoms. The van der Waals surface area contributed by atoms with Crippen molar-refractivity contribution in [2.24, 2.45) is 12.0 Å². The number of nitrogens with zero attached hydrogens (tertiary/aromatic N) is 4. The molecule has 0 bridgehead atoms. The number of aromatic nitrogens is 3. The summed E-state index contributed by atoms with van der Waals surface area (Å²) in [7, 11) is 1.93. The second-order valence-corrected chi connectivity index (χ2v) is 6.41. The highest BCUT2D eigenvalue weighted by molar-refractivity contribution is 14.0. The predicted molar refractivity (Wildman–Crippen MR) is 111 cm³/mol. The van der Waals surface area contributed by atoms with Gasteiger partial charge in [-0.2, -0.15) is 0 Å². The van der Waals surface area contributed by atoms with Gasteiger partial charge in [0.05, 0.1) is 0 Å². The van der Waals surface area contributed by atoms with Gasteiger partial charge in [0.25, 0.3) is 0 Å². The van der Waals surface area contributed by atoms with Crippen LogP contribution in [0.2, 0.25) is 0 Å². The molecule has 136 valence electrons. The van der Waals surface area contributed by atoms with Crippen LogP contribution in [0.4, 0.5) is 0 Å². The van der Waals surface area contributed by atoms with Crippen LogP contribution >= 0.6 is 24.0 Å². The molecule has 1 fully saturated rings. The van der Waals surface area contributed by atoms with Crippen molar-refractivity contribution in [2.45, 2.75) is 38.1 Å². The van der Waals surface area contributed by atoms with E-state index in [0.717, 1.165) is 24.9 Å². The number of benzene rings is 1. The van der Waals surface area contributed by atoms with E-state index in [0.29, 0.717) is 6.54 Å². The maximum atomic E-state index is 4.64. The van der Waals surface area contributed by atoms with Gasteiger partial charge in [-0.1, -0.05) is 36.8 Å². The third kappa shape index (κ3) is 4.71. The number of hydrogen-bond acceptors (Lipinski definition) is 3. The molecule has 7 heteroatoms. The second-order valence-electron chi connectivity index (χ2n) is 6.41. The first-order valence-corrected chi connectivity index (χ1v) is 8.64. The Kier molecular flexibility index (Phi) is 7.22. The molecule has 0 saturated heterocycles. The average Bonchev–Trinajstić information content (AvgIpc) is 2.97. The Labute approximate surface area is 166 Å². The van der Waals surface area contributed by atoms with E-state index in [9.17, 15) is 0 Å². The molecular formula is C18H27IN6. The minimum Gasteiger partial charge on any atom is -0.357 e. The van der Waals surface area contributed by atoms with Gasteiger partial charge in [0.2, 0.25) is 0 Å². The summed E-state index contributed by atoms with van der Waals surface area (Å²) in [5.74, 6) is 1.69. The molecule has 1 aromatic carbocycles. The highest BCUT2D eigenvalue weighted by Crippen LogP contribution is 2.43. The van der Waals surface area contributed by atoms with E-state index < -0.39 is 0 Å². The van der Waals surface area contributed by atoms with E-state index in [-0.39, 0.29) is 29.4 Å². The number of aliphatic imine (C=N–C) groups is 1. The molecule has 1 aromatic heterocycles. The Balaban J connectivity index is 0.00000225. The van der Waals surface area contributed by atoms with Crippen LogP contribution in [-0.4, -0.2) is 33.8 Å². The normalized spacial score (nSPS) is 15.8. The van der Waals surface area contributed by atoms with Crippen molar-refractivity contribution in [3.63, 3.8) is 0 Å². The summed E-state index contributed by atoms with van der Waals surface area (Å²) in [6.45, 7) is 4.34. The molecule has 2 N–H and O–H groups in total. The van der Waals surface area contributed by atoms with Gasteiger partial charge in [-0.05, 0) is 25.3 Å². The van der Waals surface area contributed by atoms with Crippen molar-refractivity contribution in [3.8, 4) is 0 Å². The largest absolute Gasteiger partial charge is 0.357 e. The van der Waals surface area contributed by atoms with Gasteiger partial charge in [0.15, 0.2) is 11.8 Å². The Morgan fingerprint density at radius 2 is 2.00 bits per heavy atom. The van der Waals surface area contributed by atoms with Gasteiger partial charge < -0.3 is 15.2 Å². The molecule has 0 amide bonds. The van der Waals surface area contributed by atoms with Gasteiger partial charge >= 0.3 is 0 Å². The molecule has 1 aliphatic rings.